The normalized spacial score (nSPS) is 51.5. The lowest BCUT2D eigenvalue weighted by Crippen LogP contribution is -3.18. The first-order valence-electron chi connectivity index (χ1n) is 6.03. The number of hydrogen-bond acceptors (Lipinski definition) is 0. The highest BCUT2D eigenvalue weighted by Gasteiger charge is 2.41. The van der Waals surface area contributed by atoms with Gasteiger partial charge in [0.1, 0.15) is 0 Å². The van der Waals surface area contributed by atoms with Crippen molar-refractivity contribution < 1.29 is 4.90 Å². The van der Waals surface area contributed by atoms with E-state index in [0.717, 1.165) is 23.9 Å². The molecule has 2 aliphatic rings. The minimum Gasteiger partial charge on any atom is -0.332 e. The molecule has 0 bridgehead atoms. The molecule has 13 heavy (non-hydrogen) atoms. The van der Waals surface area contributed by atoms with Crippen molar-refractivity contribution in [3.8, 4) is 0 Å². The predicted octanol–water partition coefficient (Wildman–Crippen LogP) is 1.49. The summed E-state index contributed by atoms with van der Waals surface area (Å²) in [6.07, 6.45) is 7.45. The Morgan fingerprint density at radius 1 is 1.00 bits per heavy atom. The molecular weight excluding hydrogens is 158 g/mol. The molecule has 76 valence electrons. The van der Waals surface area contributed by atoms with Crippen molar-refractivity contribution in [2.75, 3.05) is 7.05 Å². The van der Waals surface area contributed by atoms with E-state index in [1.807, 2.05) is 4.90 Å². The molecule has 2 rings (SSSR count). The van der Waals surface area contributed by atoms with Crippen LogP contribution in [0.4, 0.5) is 0 Å². The van der Waals surface area contributed by atoms with Crippen LogP contribution in [0.25, 0.3) is 0 Å². The van der Waals surface area contributed by atoms with E-state index in [9.17, 15) is 0 Å². The Hall–Kier alpha value is -0.0400. The Bertz CT molecular complexity index is 176. The number of likely N-dealkylation sites (tertiary alicyclic amines) is 1. The lowest BCUT2D eigenvalue weighted by Gasteiger charge is -2.45. The van der Waals surface area contributed by atoms with E-state index in [1.165, 1.54) is 32.1 Å². The summed E-state index contributed by atoms with van der Waals surface area (Å²) in [4.78, 5) is 1.82. The predicted molar refractivity (Wildman–Crippen MR) is 55.9 cm³/mol. The third kappa shape index (κ3) is 1.63. The summed E-state index contributed by atoms with van der Waals surface area (Å²) >= 11 is 0. The van der Waals surface area contributed by atoms with Gasteiger partial charge in [0.05, 0.1) is 19.1 Å². The largest absolute Gasteiger partial charge is 0.332 e. The van der Waals surface area contributed by atoms with Crippen LogP contribution in [-0.4, -0.2) is 19.1 Å². The van der Waals surface area contributed by atoms with Crippen LogP contribution in [0.3, 0.4) is 0 Å². The van der Waals surface area contributed by atoms with Crippen LogP contribution in [0.5, 0.6) is 0 Å². The summed E-state index contributed by atoms with van der Waals surface area (Å²) in [5.74, 6) is 2.03. The molecule has 1 saturated heterocycles. The lowest BCUT2D eigenvalue weighted by molar-refractivity contribution is -0.944. The molecule has 1 heteroatoms. The second-order valence-electron chi connectivity index (χ2n) is 5.42. The molecule has 1 aliphatic heterocycles. The van der Waals surface area contributed by atoms with Gasteiger partial charge < -0.3 is 4.90 Å². The van der Waals surface area contributed by atoms with Gasteiger partial charge in [-0.2, -0.15) is 0 Å². The standard InChI is InChI=1S/C12H23N/c1-9-5-4-6-11-8-7-10(2)13(3)12(9)11/h9-12H,4-8H2,1-3H3/p+1/t9-,10+,11+,12-/m0/s1. The monoisotopic (exact) mass is 182 g/mol. The molecule has 0 aromatic carbocycles. The second kappa shape index (κ2) is 3.61. The Balaban J connectivity index is 2.10. The van der Waals surface area contributed by atoms with Crippen molar-refractivity contribution in [3.63, 3.8) is 0 Å². The summed E-state index contributed by atoms with van der Waals surface area (Å²) in [6.45, 7) is 4.89. The maximum absolute atomic E-state index is 2.47. The molecule has 0 aromatic heterocycles. The first kappa shape index (κ1) is 9.51. The van der Waals surface area contributed by atoms with Gasteiger partial charge in [-0.1, -0.05) is 13.3 Å². The highest BCUT2D eigenvalue weighted by molar-refractivity contribution is 4.83. The number of hydrogen-bond donors (Lipinski definition) is 1. The van der Waals surface area contributed by atoms with Gasteiger partial charge in [0, 0.05) is 11.8 Å². The van der Waals surface area contributed by atoms with Gasteiger partial charge in [0.25, 0.3) is 0 Å². The van der Waals surface area contributed by atoms with Crippen LogP contribution in [0.15, 0.2) is 0 Å². The van der Waals surface area contributed by atoms with Crippen LogP contribution in [-0.2, 0) is 0 Å². The van der Waals surface area contributed by atoms with Crippen molar-refractivity contribution >= 4 is 0 Å². The van der Waals surface area contributed by atoms with Crippen LogP contribution < -0.4 is 4.90 Å². The van der Waals surface area contributed by atoms with Gasteiger partial charge in [-0.15, -0.1) is 0 Å². The molecule has 0 amide bonds. The van der Waals surface area contributed by atoms with Gasteiger partial charge in [0.15, 0.2) is 0 Å². The molecule has 0 spiro atoms. The zero-order valence-electron chi connectivity index (χ0n) is 9.34. The smallest absolute Gasteiger partial charge is 0.0928 e. The number of piperidine rings is 1. The van der Waals surface area contributed by atoms with Crippen LogP contribution in [0, 0.1) is 11.8 Å². The molecule has 1 saturated carbocycles. The number of quaternary nitrogens is 1. The van der Waals surface area contributed by atoms with E-state index in [0.29, 0.717) is 0 Å². The maximum atomic E-state index is 2.47. The average molecular weight is 182 g/mol. The molecule has 1 aliphatic carbocycles. The molecule has 5 atom stereocenters. The molecule has 2 fully saturated rings. The Morgan fingerprint density at radius 2 is 1.77 bits per heavy atom. The van der Waals surface area contributed by atoms with Gasteiger partial charge in [-0.25, -0.2) is 0 Å². The summed E-state index contributed by atoms with van der Waals surface area (Å²) < 4.78 is 0. The Kier molecular flexibility index (Phi) is 2.64. The SMILES string of the molecule is C[C@@H]1CC[C@H]2CCC[C@H](C)[C@@H]2[NH+]1C. The summed E-state index contributed by atoms with van der Waals surface area (Å²) in [7, 11) is 2.42. The van der Waals surface area contributed by atoms with Crippen molar-refractivity contribution in [1.29, 1.82) is 0 Å². The second-order valence-corrected chi connectivity index (χ2v) is 5.42. The number of rotatable bonds is 0. The van der Waals surface area contributed by atoms with Crippen LogP contribution >= 0.6 is 0 Å². The Labute approximate surface area is 82.5 Å². The highest BCUT2D eigenvalue weighted by Crippen LogP contribution is 2.32. The van der Waals surface area contributed by atoms with E-state index >= 15 is 0 Å². The zero-order valence-corrected chi connectivity index (χ0v) is 9.34. The quantitative estimate of drug-likeness (QED) is 0.579. The van der Waals surface area contributed by atoms with Crippen molar-refractivity contribution in [2.45, 2.75) is 58.0 Å². The van der Waals surface area contributed by atoms with Gasteiger partial charge in [-0.05, 0) is 32.6 Å². The van der Waals surface area contributed by atoms with Crippen molar-refractivity contribution in [1.82, 2.24) is 0 Å². The van der Waals surface area contributed by atoms with Crippen molar-refractivity contribution in [3.05, 3.63) is 0 Å². The van der Waals surface area contributed by atoms with Gasteiger partial charge >= 0.3 is 0 Å². The third-order valence-corrected chi connectivity index (χ3v) is 4.63. The van der Waals surface area contributed by atoms with Gasteiger partial charge in [0.2, 0.25) is 0 Å². The van der Waals surface area contributed by atoms with E-state index in [-0.39, 0.29) is 0 Å². The fourth-order valence-corrected chi connectivity index (χ4v) is 3.69. The topological polar surface area (TPSA) is 4.44 Å². The maximum Gasteiger partial charge on any atom is 0.0928 e. The highest BCUT2D eigenvalue weighted by atomic mass is 15.2. The molecule has 1 nitrogen and oxygen atoms in total. The average Bonchev–Trinajstić information content (AvgIpc) is 2.12. The number of nitrogens with one attached hydrogen (secondary N) is 1. The van der Waals surface area contributed by atoms with Crippen molar-refractivity contribution in [2.24, 2.45) is 11.8 Å². The van der Waals surface area contributed by atoms with E-state index in [1.54, 1.807) is 0 Å². The van der Waals surface area contributed by atoms with Crippen LogP contribution in [0.2, 0.25) is 0 Å². The fourth-order valence-electron chi connectivity index (χ4n) is 3.69. The fraction of sp³-hybridized carbons (Fsp3) is 1.00. The molecule has 0 aromatic rings. The van der Waals surface area contributed by atoms with E-state index in [4.69, 9.17) is 0 Å². The molecule has 1 unspecified atom stereocenters. The lowest BCUT2D eigenvalue weighted by atomic mass is 9.72. The first-order chi connectivity index (χ1) is 6.20. The van der Waals surface area contributed by atoms with Crippen LogP contribution in [0.1, 0.15) is 46.0 Å². The Morgan fingerprint density at radius 3 is 2.54 bits per heavy atom. The molecule has 0 radical (unpaired) electrons. The van der Waals surface area contributed by atoms with E-state index in [2.05, 4.69) is 20.9 Å². The first-order valence-corrected chi connectivity index (χ1v) is 6.03. The molecule has 1 N–H and O–H groups in total. The molecular formula is C12H24N+. The zero-order chi connectivity index (χ0) is 9.42. The minimum absolute atomic E-state index is 0.904. The summed E-state index contributed by atoms with van der Waals surface area (Å²) in [5, 5.41) is 0. The third-order valence-electron chi connectivity index (χ3n) is 4.63. The van der Waals surface area contributed by atoms with E-state index < -0.39 is 0 Å². The summed E-state index contributed by atoms with van der Waals surface area (Å²) in [6, 6.07) is 1.89. The summed E-state index contributed by atoms with van der Waals surface area (Å²) in [5.41, 5.74) is 0. The molecule has 1 heterocycles. The number of fused-ring (bicyclic) bond motifs is 1. The van der Waals surface area contributed by atoms with Gasteiger partial charge in [-0.3, -0.25) is 0 Å². The minimum atomic E-state index is 0.904.